The lowest BCUT2D eigenvalue weighted by Crippen LogP contribution is -2.39. The zero-order chi connectivity index (χ0) is 16.7. The van der Waals surface area contributed by atoms with Crippen molar-refractivity contribution in [2.45, 2.75) is 32.9 Å². The van der Waals surface area contributed by atoms with Gasteiger partial charge in [-0.3, -0.25) is 0 Å². The van der Waals surface area contributed by atoms with Gasteiger partial charge in [0.25, 0.3) is 0 Å². The van der Waals surface area contributed by atoms with Crippen molar-refractivity contribution in [3.8, 4) is 0 Å². The van der Waals surface area contributed by atoms with Crippen molar-refractivity contribution in [3.63, 3.8) is 0 Å². The van der Waals surface area contributed by atoms with E-state index in [1.807, 2.05) is 26.0 Å². The molecule has 1 heterocycles. The van der Waals surface area contributed by atoms with Gasteiger partial charge in [-0.05, 0) is 30.0 Å². The SMILES string of the molecule is CC(C)CC(O)CNC(=O)NCc1ccc(N2CC=CC2)cc1. The number of aliphatic hydroxyl groups excluding tert-OH is 1. The van der Waals surface area contributed by atoms with Crippen LogP contribution >= 0.6 is 0 Å². The molecule has 2 amide bonds. The summed E-state index contributed by atoms with van der Waals surface area (Å²) in [6.07, 6.45) is 4.52. The first-order chi connectivity index (χ1) is 11.0. The fraction of sp³-hybridized carbons (Fsp3) is 0.500. The number of hydrogen-bond acceptors (Lipinski definition) is 3. The summed E-state index contributed by atoms with van der Waals surface area (Å²) in [5, 5.41) is 15.2. The Labute approximate surface area is 138 Å². The highest BCUT2D eigenvalue weighted by atomic mass is 16.3. The maximum Gasteiger partial charge on any atom is 0.315 e. The van der Waals surface area contributed by atoms with Crippen LogP contribution in [0.15, 0.2) is 36.4 Å². The Bertz CT molecular complexity index is 518. The molecule has 126 valence electrons. The van der Waals surface area contributed by atoms with Crippen LogP contribution in [-0.4, -0.2) is 36.9 Å². The number of urea groups is 1. The summed E-state index contributed by atoms with van der Waals surface area (Å²) < 4.78 is 0. The van der Waals surface area contributed by atoms with Crippen molar-refractivity contribution in [2.75, 3.05) is 24.5 Å². The standard InChI is InChI=1S/C18H27N3O2/c1-14(2)11-17(22)13-20-18(23)19-12-15-5-7-16(8-6-15)21-9-3-4-10-21/h3-8,14,17,22H,9-13H2,1-2H3,(H2,19,20,23). The number of carbonyl (C=O) groups excluding carboxylic acids is 1. The van der Waals surface area contributed by atoms with Gasteiger partial charge in [0.15, 0.2) is 0 Å². The van der Waals surface area contributed by atoms with Crippen molar-refractivity contribution in [3.05, 3.63) is 42.0 Å². The first kappa shape index (κ1) is 17.3. The van der Waals surface area contributed by atoms with Crippen molar-refractivity contribution >= 4 is 11.7 Å². The Balaban J connectivity index is 1.69. The van der Waals surface area contributed by atoms with Gasteiger partial charge in [0.2, 0.25) is 0 Å². The molecule has 0 aromatic heterocycles. The Hall–Kier alpha value is -2.01. The highest BCUT2D eigenvalue weighted by Gasteiger charge is 2.09. The third-order valence-electron chi connectivity index (χ3n) is 3.81. The zero-order valence-corrected chi connectivity index (χ0v) is 14.0. The molecule has 0 aliphatic carbocycles. The predicted octanol–water partition coefficient (Wildman–Crippen LogP) is 2.27. The van der Waals surface area contributed by atoms with Crippen LogP contribution < -0.4 is 15.5 Å². The van der Waals surface area contributed by atoms with E-state index < -0.39 is 6.10 Å². The van der Waals surface area contributed by atoms with Crippen molar-refractivity contribution in [1.82, 2.24) is 10.6 Å². The Kier molecular flexibility index (Phi) is 6.47. The third kappa shape index (κ3) is 5.94. The fourth-order valence-corrected chi connectivity index (χ4v) is 2.60. The van der Waals surface area contributed by atoms with Gasteiger partial charge in [-0.25, -0.2) is 4.79 Å². The molecule has 1 aromatic carbocycles. The van der Waals surface area contributed by atoms with Gasteiger partial charge < -0.3 is 20.6 Å². The summed E-state index contributed by atoms with van der Waals surface area (Å²) >= 11 is 0. The first-order valence-corrected chi connectivity index (χ1v) is 8.23. The highest BCUT2D eigenvalue weighted by Crippen LogP contribution is 2.17. The average Bonchev–Trinajstić information content (AvgIpc) is 3.05. The smallest absolute Gasteiger partial charge is 0.315 e. The van der Waals surface area contributed by atoms with E-state index in [0.29, 0.717) is 18.9 Å². The first-order valence-electron chi connectivity index (χ1n) is 8.23. The molecule has 5 nitrogen and oxygen atoms in total. The van der Waals surface area contributed by atoms with Crippen LogP contribution in [-0.2, 0) is 6.54 Å². The maximum atomic E-state index is 11.7. The molecule has 1 aliphatic heterocycles. The number of aliphatic hydroxyl groups is 1. The number of benzene rings is 1. The van der Waals surface area contributed by atoms with E-state index >= 15 is 0 Å². The van der Waals surface area contributed by atoms with Crippen LogP contribution in [0.3, 0.4) is 0 Å². The second-order valence-electron chi connectivity index (χ2n) is 6.39. The number of carbonyl (C=O) groups is 1. The molecule has 0 radical (unpaired) electrons. The molecule has 5 heteroatoms. The summed E-state index contributed by atoms with van der Waals surface area (Å²) in [7, 11) is 0. The molecule has 2 rings (SSSR count). The van der Waals surface area contributed by atoms with Gasteiger partial charge in [0.1, 0.15) is 0 Å². The van der Waals surface area contributed by atoms with Crippen LogP contribution in [0.1, 0.15) is 25.8 Å². The molecule has 23 heavy (non-hydrogen) atoms. The molecule has 0 fully saturated rings. The summed E-state index contributed by atoms with van der Waals surface area (Å²) in [4.78, 5) is 14.0. The molecule has 1 atom stereocenters. The molecule has 0 saturated carbocycles. The molecular formula is C18H27N3O2. The Morgan fingerprint density at radius 1 is 1.17 bits per heavy atom. The van der Waals surface area contributed by atoms with E-state index in [-0.39, 0.29) is 12.6 Å². The highest BCUT2D eigenvalue weighted by molar-refractivity contribution is 5.73. The molecule has 3 N–H and O–H groups in total. The second-order valence-corrected chi connectivity index (χ2v) is 6.39. The van der Waals surface area contributed by atoms with Crippen LogP contribution in [0.2, 0.25) is 0 Å². The number of anilines is 1. The zero-order valence-electron chi connectivity index (χ0n) is 14.0. The average molecular weight is 317 g/mol. The lowest BCUT2D eigenvalue weighted by Gasteiger charge is -2.18. The van der Waals surface area contributed by atoms with E-state index in [9.17, 15) is 9.90 Å². The molecule has 0 bridgehead atoms. The van der Waals surface area contributed by atoms with E-state index in [2.05, 4.69) is 39.8 Å². The largest absolute Gasteiger partial charge is 0.391 e. The van der Waals surface area contributed by atoms with Crippen LogP contribution in [0.4, 0.5) is 10.5 Å². The van der Waals surface area contributed by atoms with E-state index in [4.69, 9.17) is 0 Å². The van der Waals surface area contributed by atoms with Crippen LogP contribution in [0.25, 0.3) is 0 Å². The number of amides is 2. The van der Waals surface area contributed by atoms with Crippen molar-refractivity contribution in [1.29, 1.82) is 0 Å². The minimum Gasteiger partial charge on any atom is -0.391 e. The van der Waals surface area contributed by atoms with E-state index in [1.165, 1.54) is 5.69 Å². The molecule has 1 aromatic rings. The summed E-state index contributed by atoms with van der Waals surface area (Å²) in [5.74, 6) is 0.416. The lowest BCUT2D eigenvalue weighted by atomic mass is 10.1. The molecular weight excluding hydrogens is 290 g/mol. The van der Waals surface area contributed by atoms with E-state index in [0.717, 1.165) is 18.7 Å². The van der Waals surface area contributed by atoms with E-state index in [1.54, 1.807) is 0 Å². The maximum absolute atomic E-state index is 11.7. The molecule has 1 aliphatic rings. The van der Waals surface area contributed by atoms with Gasteiger partial charge in [-0.2, -0.15) is 0 Å². The minimum absolute atomic E-state index is 0.249. The topological polar surface area (TPSA) is 64.6 Å². The van der Waals surface area contributed by atoms with Crippen LogP contribution in [0.5, 0.6) is 0 Å². The lowest BCUT2D eigenvalue weighted by molar-refractivity contribution is 0.147. The number of hydrogen-bond donors (Lipinski definition) is 3. The quantitative estimate of drug-likeness (QED) is 0.676. The fourth-order valence-electron chi connectivity index (χ4n) is 2.60. The second kappa shape index (κ2) is 8.58. The molecule has 0 spiro atoms. The van der Waals surface area contributed by atoms with Gasteiger partial charge in [0.05, 0.1) is 6.10 Å². The monoisotopic (exact) mass is 317 g/mol. The van der Waals surface area contributed by atoms with Gasteiger partial charge in [-0.1, -0.05) is 38.1 Å². The van der Waals surface area contributed by atoms with Gasteiger partial charge >= 0.3 is 6.03 Å². The molecule has 0 saturated heterocycles. The normalized spacial score (nSPS) is 15.0. The third-order valence-corrected chi connectivity index (χ3v) is 3.81. The van der Waals surface area contributed by atoms with Crippen molar-refractivity contribution in [2.24, 2.45) is 5.92 Å². The Morgan fingerprint density at radius 2 is 1.83 bits per heavy atom. The molecule has 1 unspecified atom stereocenters. The summed E-state index contributed by atoms with van der Waals surface area (Å²) in [5.41, 5.74) is 2.25. The van der Waals surface area contributed by atoms with Gasteiger partial charge in [-0.15, -0.1) is 0 Å². The van der Waals surface area contributed by atoms with Crippen molar-refractivity contribution < 1.29 is 9.90 Å². The number of rotatable bonds is 7. The summed E-state index contributed by atoms with van der Waals surface area (Å²) in [6.45, 7) is 6.77. The number of nitrogens with zero attached hydrogens (tertiary/aromatic N) is 1. The predicted molar refractivity (Wildman–Crippen MR) is 93.5 cm³/mol. The van der Waals surface area contributed by atoms with Gasteiger partial charge in [0, 0.05) is 31.9 Å². The van der Waals surface area contributed by atoms with Crippen LogP contribution in [0, 0.1) is 5.92 Å². The Morgan fingerprint density at radius 3 is 2.43 bits per heavy atom. The number of nitrogens with one attached hydrogen (secondary N) is 2. The minimum atomic E-state index is -0.492. The summed E-state index contributed by atoms with van der Waals surface area (Å²) in [6, 6.07) is 7.96.